The van der Waals surface area contributed by atoms with Gasteiger partial charge in [-0.2, -0.15) is 0 Å². The van der Waals surface area contributed by atoms with Gasteiger partial charge in [-0.1, -0.05) is 34.1 Å². The van der Waals surface area contributed by atoms with Gasteiger partial charge in [0.15, 0.2) is 0 Å². The van der Waals surface area contributed by atoms with Gasteiger partial charge in [-0.15, -0.1) is 0 Å². The van der Waals surface area contributed by atoms with Crippen LogP contribution in [0, 0.1) is 0 Å². The predicted molar refractivity (Wildman–Crippen MR) is 68.4 cm³/mol. The third-order valence-electron chi connectivity index (χ3n) is 3.13. The van der Waals surface area contributed by atoms with Gasteiger partial charge in [-0.25, -0.2) is 0 Å². The van der Waals surface area contributed by atoms with Crippen LogP contribution < -0.4 is 0 Å². The highest BCUT2D eigenvalue weighted by Crippen LogP contribution is 2.44. The monoisotopic (exact) mass is 232 g/mol. The summed E-state index contributed by atoms with van der Waals surface area (Å²) in [5.74, 6) is 0. The molecule has 0 aliphatic heterocycles. The van der Waals surface area contributed by atoms with E-state index in [1.54, 1.807) is 0 Å². The van der Waals surface area contributed by atoms with E-state index in [0.29, 0.717) is 0 Å². The molecule has 0 aliphatic rings. The van der Waals surface area contributed by atoms with E-state index in [0.717, 1.165) is 19.3 Å². The third kappa shape index (κ3) is 3.57. The summed E-state index contributed by atoms with van der Waals surface area (Å²) in [7, 11) is -2.02. The molecule has 0 fully saturated rings. The molecule has 0 aromatic carbocycles. The van der Waals surface area contributed by atoms with Crippen LogP contribution in [0.1, 0.15) is 54.4 Å². The van der Waals surface area contributed by atoms with E-state index in [1.165, 1.54) is 12.8 Å². The Labute approximate surface area is 96.6 Å². The fraction of sp³-hybridized carbons (Fsp3) is 1.00. The van der Waals surface area contributed by atoms with Crippen molar-refractivity contribution in [3.63, 3.8) is 0 Å². The van der Waals surface area contributed by atoms with E-state index in [4.69, 9.17) is 8.85 Å². The van der Waals surface area contributed by atoms with Crippen LogP contribution in [0.15, 0.2) is 0 Å². The highest BCUT2D eigenvalue weighted by molar-refractivity contribution is 6.70. The van der Waals surface area contributed by atoms with E-state index >= 15 is 0 Å². The molecule has 0 saturated heterocycles. The van der Waals surface area contributed by atoms with Gasteiger partial charge in [-0.3, -0.25) is 0 Å². The molecule has 0 atom stereocenters. The molecule has 0 saturated carbocycles. The average Bonchev–Trinajstić information content (AvgIpc) is 2.17. The van der Waals surface area contributed by atoms with Crippen molar-refractivity contribution in [3.05, 3.63) is 0 Å². The lowest BCUT2D eigenvalue weighted by atomic mass is 10.1. The van der Waals surface area contributed by atoms with Gasteiger partial charge in [0.25, 0.3) is 0 Å². The maximum Gasteiger partial charge on any atom is 0.343 e. The summed E-state index contributed by atoms with van der Waals surface area (Å²) in [4.78, 5) is 0. The Kier molecular flexibility index (Phi) is 6.72. The van der Waals surface area contributed by atoms with Crippen LogP contribution in [0.3, 0.4) is 0 Å². The van der Waals surface area contributed by atoms with Gasteiger partial charge in [0.2, 0.25) is 0 Å². The van der Waals surface area contributed by atoms with E-state index in [1.807, 2.05) is 0 Å². The van der Waals surface area contributed by atoms with Crippen molar-refractivity contribution >= 4 is 8.56 Å². The SMILES string of the molecule is CCCC(C)(C)[Si](CC)(OCC)OCC. The Morgan fingerprint density at radius 2 is 1.40 bits per heavy atom. The Morgan fingerprint density at radius 1 is 0.933 bits per heavy atom. The molecule has 2 nitrogen and oxygen atoms in total. The van der Waals surface area contributed by atoms with E-state index in [-0.39, 0.29) is 5.04 Å². The van der Waals surface area contributed by atoms with E-state index < -0.39 is 8.56 Å². The quantitative estimate of drug-likeness (QED) is 0.587. The van der Waals surface area contributed by atoms with Crippen molar-refractivity contribution in [2.75, 3.05) is 13.2 Å². The number of hydrogen-bond donors (Lipinski definition) is 0. The van der Waals surface area contributed by atoms with Crippen molar-refractivity contribution in [3.8, 4) is 0 Å². The molecule has 0 radical (unpaired) electrons. The lowest BCUT2D eigenvalue weighted by Gasteiger charge is -2.42. The second-order valence-corrected chi connectivity index (χ2v) is 8.75. The van der Waals surface area contributed by atoms with Crippen LogP contribution in [0.2, 0.25) is 11.1 Å². The molecule has 0 rings (SSSR count). The predicted octanol–water partition coefficient (Wildman–Crippen LogP) is 4.10. The molecule has 15 heavy (non-hydrogen) atoms. The molecule has 0 heterocycles. The Hall–Kier alpha value is 0.137. The van der Waals surface area contributed by atoms with Gasteiger partial charge in [-0.05, 0) is 26.3 Å². The lowest BCUT2D eigenvalue weighted by Crippen LogP contribution is -2.51. The molecule has 0 aromatic rings. The van der Waals surface area contributed by atoms with Crippen molar-refractivity contribution < 1.29 is 8.85 Å². The molecule has 3 heteroatoms. The molecule has 0 bridgehead atoms. The minimum absolute atomic E-state index is 0.211. The molecule has 92 valence electrons. The van der Waals surface area contributed by atoms with Crippen LogP contribution in [0.25, 0.3) is 0 Å². The van der Waals surface area contributed by atoms with Crippen LogP contribution >= 0.6 is 0 Å². The summed E-state index contributed by atoms with van der Waals surface area (Å²) in [6, 6.07) is 1.04. The first kappa shape index (κ1) is 15.1. The summed E-state index contributed by atoms with van der Waals surface area (Å²) in [5.41, 5.74) is 0. The van der Waals surface area contributed by atoms with Crippen LogP contribution in [-0.2, 0) is 8.85 Å². The Bertz CT molecular complexity index is 163. The van der Waals surface area contributed by atoms with Crippen LogP contribution in [0.4, 0.5) is 0 Å². The van der Waals surface area contributed by atoms with Gasteiger partial charge in [0.1, 0.15) is 0 Å². The molecule has 0 aliphatic carbocycles. The second kappa shape index (κ2) is 6.66. The highest BCUT2D eigenvalue weighted by atomic mass is 28.4. The lowest BCUT2D eigenvalue weighted by molar-refractivity contribution is 0.155. The van der Waals surface area contributed by atoms with E-state index in [2.05, 4.69) is 41.5 Å². The third-order valence-corrected chi connectivity index (χ3v) is 7.88. The van der Waals surface area contributed by atoms with Gasteiger partial charge >= 0.3 is 8.56 Å². The molecule has 0 amide bonds. The average molecular weight is 232 g/mol. The molecule has 0 spiro atoms. The van der Waals surface area contributed by atoms with Crippen LogP contribution in [-0.4, -0.2) is 21.8 Å². The van der Waals surface area contributed by atoms with Crippen molar-refractivity contribution in [1.82, 2.24) is 0 Å². The first-order valence-electron chi connectivity index (χ1n) is 6.27. The first-order chi connectivity index (χ1) is 6.99. The zero-order chi connectivity index (χ0) is 11.9. The molecular weight excluding hydrogens is 204 g/mol. The van der Waals surface area contributed by atoms with Crippen LogP contribution in [0.5, 0.6) is 0 Å². The fourth-order valence-electron chi connectivity index (χ4n) is 2.40. The summed E-state index contributed by atoms with van der Waals surface area (Å²) in [6.45, 7) is 14.7. The molecular formula is C12H28O2Si. The van der Waals surface area contributed by atoms with Gasteiger partial charge in [0.05, 0.1) is 0 Å². The normalized spacial score (nSPS) is 13.2. The summed E-state index contributed by atoms with van der Waals surface area (Å²) in [6.07, 6.45) is 2.38. The molecule has 0 aromatic heterocycles. The van der Waals surface area contributed by atoms with Gasteiger partial charge < -0.3 is 8.85 Å². The maximum absolute atomic E-state index is 6.05. The standard InChI is InChI=1S/C12H28O2Si/c1-7-11-12(5,6)15(10-4,13-8-2)14-9-3/h7-11H2,1-6H3. The zero-order valence-electron chi connectivity index (χ0n) is 11.4. The maximum atomic E-state index is 6.05. The largest absolute Gasteiger partial charge is 0.394 e. The molecule has 0 unspecified atom stereocenters. The summed E-state index contributed by atoms with van der Waals surface area (Å²) >= 11 is 0. The van der Waals surface area contributed by atoms with Crippen molar-refractivity contribution in [2.24, 2.45) is 0 Å². The fourth-order valence-corrected chi connectivity index (χ4v) is 6.19. The Morgan fingerprint density at radius 3 is 1.67 bits per heavy atom. The smallest absolute Gasteiger partial charge is 0.343 e. The second-order valence-electron chi connectivity index (χ2n) is 4.61. The van der Waals surface area contributed by atoms with Gasteiger partial charge in [0, 0.05) is 18.3 Å². The Balaban J connectivity index is 4.84. The van der Waals surface area contributed by atoms with Crippen molar-refractivity contribution in [2.45, 2.75) is 65.5 Å². The van der Waals surface area contributed by atoms with Crippen molar-refractivity contribution in [1.29, 1.82) is 0 Å². The first-order valence-corrected chi connectivity index (χ1v) is 8.29. The summed E-state index contributed by atoms with van der Waals surface area (Å²) < 4.78 is 12.1. The highest BCUT2D eigenvalue weighted by Gasteiger charge is 2.49. The minimum atomic E-state index is -2.02. The minimum Gasteiger partial charge on any atom is -0.394 e. The molecule has 0 N–H and O–H groups in total. The topological polar surface area (TPSA) is 18.5 Å². The zero-order valence-corrected chi connectivity index (χ0v) is 12.4. The number of hydrogen-bond acceptors (Lipinski definition) is 2. The summed E-state index contributed by atoms with van der Waals surface area (Å²) in [5, 5.41) is 0.211. The van der Waals surface area contributed by atoms with E-state index in [9.17, 15) is 0 Å². The number of rotatable bonds is 8.